The molecule has 0 aliphatic carbocycles. The highest BCUT2D eigenvalue weighted by Gasteiger charge is 2.37. The minimum absolute atomic E-state index is 0.170. The summed E-state index contributed by atoms with van der Waals surface area (Å²) < 4.78 is 15.9. The van der Waals surface area contributed by atoms with Crippen molar-refractivity contribution >= 4 is 45.6 Å². The van der Waals surface area contributed by atoms with Crippen LogP contribution in [-0.4, -0.2) is 61.1 Å². The SMILES string of the molecule is C/C=C/C(=O)N1C=C(C(=O)OCC)c2[nH]c3cc(N(C)CCCl)ccc3c2C(C)(C)C1.C=CCF.CC. The maximum atomic E-state index is 12.9. The van der Waals surface area contributed by atoms with Crippen LogP contribution in [0.25, 0.3) is 16.5 Å². The lowest BCUT2D eigenvalue weighted by atomic mass is 9.81. The minimum Gasteiger partial charge on any atom is -0.462 e. The highest BCUT2D eigenvalue weighted by atomic mass is 35.5. The number of carbonyl (C=O) groups is 2. The summed E-state index contributed by atoms with van der Waals surface area (Å²) in [4.78, 5) is 32.7. The third-order valence-electron chi connectivity index (χ3n) is 5.64. The molecule has 204 valence electrons. The molecule has 6 nitrogen and oxygen atoms in total. The Hall–Kier alpha value is -3.06. The number of rotatable bonds is 7. The van der Waals surface area contributed by atoms with Gasteiger partial charge in [0.2, 0.25) is 5.91 Å². The van der Waals surface area contributed by atoms with Crippen LogP contribution >= 0.6 is 11.6 Å². The maximum Gasteiger partial charge on any atom is 0.341 e. The number of H-pyrrole nitrogens is 1. The lowest BCUT2D eigenvalue weighted by Crippen LogP contribution is -2.36. The van der Waals surface area contributed by atoms with E-state index in [1.807, 2.05) is 20.9 Å². The second-order valence-electron chi connectivity index (χ2n) is 8.77. The lowest BCUT2D eigenvalue weighted by molar-refractivity contribution is -0.136. The van der Waals surface area contributed by atoms with Crippen molar-refractivity contribution in [3.8, 4) is 0 Å². The monoisotopic (exact) mass is 533 g/mol. The number of alkyl halides is 2. The normalized spacial score (nSPS) is 13.9. The molecule has 0 saturated heterocycles. The molecule has 0 spiro atoms. The molecular weight excluding hydrogens is 493 g/mol. The van der Waals surface area contributed by atoms with Gasteiger partial charge in [0.05, 0.1) is 17.9 Å². The van der Waals surface area contributed by atoms with Gasteiger partial charge in [-0.1, -0.05) is 45.9 Å². The van der Waals surface area contributed by atoms with Gasteiger partial charge in [-0.15, -0.1) is 18.2 Å². The third kappa shape index (κ3) is 7.96. The highest BCUT2D eigenvalue weighted by Crippen LogP contribution is 2.41. The Morgan fingerprint density at radius 2 is 1.97 bits per heavy atom. The number of aromatic nitrogens is 1. The van der Waals surface area contributed by atoms with E-state index in [4.69, 9.17) is 16.3 Å². The van der Waals surface area contributed by atoms with E-state index in [9.17, 15) is 14.0 Å². The van der Waals surface area contributed by atoms with E-state index >= 15 is 0 Å². The quantitative estimate of drug-likeness (QED) is 0.188. The summed E-state index contributed by atoms with van der Waals surface area (Å²) in [6.07, 6.45) is 6.03. The molecule has 0 saturated carbocycles. The number of hydrogen-bond acceptors (Lipinski definition) is 4. The fraction of sp³-hybridized carbons (Fsp3) is 0.448. The first-order chi connectivity index (χ1) is 17.6. The van der Waals surface area contributed by atoms with Crippen LogP contribution in [0.15, 0.2) is 49.2 Å². The molecule has 1 N–H and O–H groups in total. The number of allylic oxidation sites excluding steroid dienone is 2. The van der Waals surface area contributed by atoms with Crippen LogP contribution in [0.2, 0.25) is 0 Å². The first kappa shape index (κ1) is 32.0. The summed E-state index contributed by atoms with van der Waals surface area (Å²) in [6, 6.07) is 6.19. The molecule has 3 rings (SSSR count). The Kier molecular flexibility index (Phi) is 13.2. The fourth-order valence-electron chi connectivity index (χ4n) is 4.10. The fourth-order valence-corrected chi connectivity index (χ4v) is 4.35. The van der Waals surface area contributed by atoms with Gasteiger partial charge < -0.3 is 19.5 Å². The molecule has 0 atom stereocenters. The number of benzene rings is 1. The van der Waals surface area contributed by atoms with Gasteiger partial charge >= 0.3 is 5.97 Å². The third-order valence-corrected chi connectivity index (χ3v) is 5.81. The Balaban J connectivity index is 0.00000104. The predicted octanol–water partition coefficient (Wildman–Crippen LogP) is 6.61. The molecule has 0 radical (unpaired) electrons. The molecule has 1 aliphatic heterocycles. The largest absolute Gasteiger partial charge is 0.462 e. The van der Waals surface area contributed by atoms with Crippen LogP contribution in [0.4, 0.5) is 10.1 Å². The number of carbonyl (C=O) groups excluding carboxylic acids is 2. The summed E-state index contributed by atoms with van der Waals surface area (Å²) in [5, 5.41) is 1.03. The summed E-state index contributed by atoms with van der Waals surface area (Å²) in [7, 11) is 2.00. The second kappa shape index (κ2) is 15.3. The van der Waals surface area contributed by atoms with Crippen molar-refractivity contribution in [2.24, 2.45) is 0 Å². The van der Waals surface area contributed by atoms with E-state index in [0.29, 0.717) is 23.7 Å². The number of aromatic amines is 1. The number of ether oxygens (including phenoxy) is 1. The van der Waals surface area contributed by atoms with Crippen molar-refractivity contribution < 1.29 is 18.7 Å². The highest BCUT2D eigenvalue weighted by molar-refractivity contribution is 6.19. The number of halogens is 2. The average Bonchev–Trinajstić information content (AvgIpc) is 3.22. The van der Waals surface area contributed by atoms with E-state index in [1.54, 1.807) is 31.0 Å². The minimum atomic E-state index is -0.453. The smallest absolute Gasteiger partial charge is 0.341 e. The second-order valence-corrected chi connectivity index (χ2v) is 9.15. The standard InChI is InChI=1S/C24H30ClN3O3.C3H5F.C2H6/c1-6-8-20(29)28-14-18(23(30)31-7-2)22-21(24(3,4)15-28)17-10-9-16(13-19(17)26-22)27(5)12-11-25;1-2-3-4;1-2/h6,8-10,13-14,26H,7,11-12,15H2,1-5H3;2H,1,3H2;1-2H3/b8-6+;;. The van der Waals surface area contributed by atoms with E-state index in [0.717, 1.165) is 28.7 Å². The molecule has 0 unspecified atom stereocenters. The maximum absolute atomic E-state index is 12.9. The Morgan fingerprint density at radius 1 is 1.32 bits per heavy atom. The number of fused-ring (bicyclic) bond motifs is 3. The Bertz CT molecular complexity index is 1120. The predicted molar refractivity (Wildman–Crippen MR) is 154 cm³/mol. The van der Waals surface area contributed by atoms with Crippen molar-refractivity contribution in [1.82, 2.24) is 9.88 Å². The van der Waals surface area contributed by atoms with E-state index < -0.39 is 18.1 Å². The van der Waals surface area contributed by atoms with Crippen LogP contribution in [0, 0.1) is 0 Å². The number of nitrogens with one attached hydrogen (secondary N) is 1. The number of anilines is 1. The van der Waals surface area contributed by atoms with Gasteiger partial charge in [-0.3, -0.25) is 4.79 Å². The van der Waals surface area contributed by atoms with Gasteiger partial charge in [0.25, 0.3) is 0 Å². The molecule has 2 heterocycles. The van der Waals surface area contributed by atoms with Crippen molar-refractivity contribution in [2.45, 2.75) is 47.0 Å². The first-order valence-corrected chi connectivity index (χ1v) is 13.1. The molecule has 1 aliphatic rings. The summed E-state index contributed by atoms with van der Waals surface area (Å²) in [5.74, 6) is -0.0863. The van der Waals surface area contributed by atoms with Crippen molar-refractivity contribution in [1.29, 1.82) is 0 Å². The molecule has 8 heteroatoms. The molecule has 1 aromatic heterocycles. The molecule has 37 heavy (non-hydrogen) atoms. The van der Waals surface area contributed by atoms with Gasteiger partial charge in [0.1, 0.15) is 6.67 Å². The van der Waals surface area contributed by atoms with E-state index in [-0.39, 0.29) is 12.5 Å². The Labute approximate surface area is 225 Å². The van der Waals surface area contributed by atoms with Crippen molar-refractivity contribution in [2.75, 3.05) is 44.2 Å². The number of hydrogen-bond donors (Lipinski definition) is 1. The lowest BCUT2D eigenvalue weighted by Gasteiger charge is -2.29. The van der Waals surface area contributed by atoms with E-state index in [1.165, 1.54) is 12.2 Å². The van der Waals surface area contributed by atoms with Crippen molar-refractivity contribution in [3.63, 3.8) is 0 Å². The van der Waals surface area contributed by atoms with Gasteiger partial charge in [0.15, 0.2) is 0 Å². The van der Waals surface area contributed by atoms with Gasteiger partial charge in [-0.2, -0.15) is 0 Å². The molecular formula is C29H41ClFN3O3. The summed E-state index contributed by atoms with van der Waals surface area (Å²) >= 11 is 5.90. The molecule has 1 amide bonds. The van der Waals surface area contributed by atoms with Gasteiger partial charge in [-0.25, -0.2) is 9.18 Å². The molecule has 0 fully saturated rings. The zero-order valence-corrected chi connectivity index (χ0v) is 23.9. The number of nitrogens with zero attached hydrogens (tertiary/aromatic N) is 2. The topological polar surface area (TPSA) is 65.6 Å². The van der Waals surface area contributed by atoms with Gasteiger partial charge in [-0.05, 0) is 37.6 Å². The summed E-state index contributed by atoms with van der Waals surface area (Å²) in [6.45, 7) is 15.9. The molecule has 1 aromatic carbocycles. The molecule has 2 aromatic rings. The molecule has 0 bridgehead atoms. The van der Waals surface area contributed by atoms with Crippen LogP contribution in [-0.2, 0) is 19.7 Å². The van der Waals surface area contributed by atoms with Crippen LogP contribution in [0.5, 0.6) is 0 Å². The van der Waals surface area contributed by atoms with Crippen LogP contribution in [0.1, 0.15) is 52.8 Å². The number of esters is 1. The van der Waals surface area contributed by atoms with Crippen molar-refractivity contribution in [3.05, 3.63) is 60.5 Å². The van der Waals surface area contributed by atoms with Gasteiger partial charge in [0, 0.05) is 54.2 Å². The van der Waals surface area contributed by atoms with Crippen LogP contribution in [0.3, 0.4) is 0 Å². The van der Waals surface area contributed by atoms with E-state index in [2.05, 4.69) is 48.5 Å². The zero-order valence-electron chi connectivity index (χ0n) is 23.2. The zero-order chi connectivity index (χ0) is 28.2. The Morgan fingerprint density at radius 3 is 2.51 bits per heavy atom. The number of amides is 1. The van der Waals surface area contributed by atoms with Crippen LogP contribution < -0.4 is 4.90 Å². The summed E-state index contributed by atoms with van der Waals surface area (Å²) in [5.41, 5.74) is 3.62. The average molecular weight is 534 g/mol. The first-order valence-electron chi connectivity index (χ1n) is 12.6.